The van der Waals surface area contributed by atoms with Gasteiger partial charge in [0.25, 0.3) is 0 Å². The van der Waals surface area contributed by atoms with Crippen LogP contribution in [0.1, 0.15) is 43.7 Å². The topological polar surface area (TPSA) is 0 Å². The molecule has 0 aliphatic heterocycles. The highest BCUT2D eigenvalue weighted by Crippen LogP contribution is 2.34. The number of aryl methyl sites for hydroxylation is 2. The second-order valence-corrected chi connectivity index (χ2v) is 8.20. The first kappa shape index (κ1) is 20.3. The first-order chi connectivity index (χ1) is 14.7. The van der Waals surface area contributed by atoms with Crippen molar-refractivity contribution >= 4 is 10.8 Å². The van der Waals surface area contributed by atoms with E-state index in [1.807, 2.05) is 49.4 Å². The second-order valence-electron chi connectivity index (χ2n) is 8.20. The Kier molecular flexibility index (Phi) is 6.28. The van der Waals surface area contributed by atoms with Gasteiger partial charge < -0.3 is 0 Å². The molecule has 4 aromatic rings. The minimum atomic E-state index is -0.147. The first-order valence-electron chi connectivity index (χ1n) is 11.0. The highest BCUT2D eigenvalue weighted by Gasteiger charge is 2.12. The molecule has 0 saturated carbocycles. The molecule has 30 heavy (non-hydrogen) atoms. The van der Waals surface area contributed by atoms with Crippen molar-refractivity contribution in [1.82, 2.24) is 0 Å². The van der Waals surface area contributed by atoms with Gasteiger partial charge in [0, 0.05) is 10.9 Å². The van der Waals surface area contributed by atoms with Gasteiger partial charge in [-0.15, -0.1) is 0 Å². The maximum Gasteiger partial charge on any atom is 0.138 e. The van der Waals surface area contributed by atoms with Crippen LogP contribution in [0.4, 0.5) is 4.39 Å². The Balaban J connectivity index is 1.65. The van der Waals surface area contributed by atoms with Gasteiger partial charge in [0.05, 0.1) is 0 Å². The molecule has 4 aromatic carbocycles. The van der Waals surface area contributed by atoms with Gasteiger partial charge in [-0.2, -0.15) is 0 Å². The molecular formula is C29H29F. The quantitative estimate of drug-likeness (QED) is 0.274. The van der Waals surface area contributed by atoms with Crippen LogP contribution in [0.3, 0.4) is 0 Å². The van der Waals surface area contributed by atoms with Crippen molar-refractivity contribution < 1.29 is 4.39 Å². The van der Waals surface area contributed by atoms with Gasteiger partial charge in [-0.1, -0.05) is 111 Å². The third kappa shape index (κ3) is 4.31. The molecule has 0 bridgehead atoms. The van der Waals surface area contributed by atoms with Gasteiger partial charge in [-0.25, -0.2) is 4.39 Å². The molecular weight excluding hydrogens is 367 g/mol. The summed E-state index contributed by atoms with van der Waals surface area (Å²) in [5.41, 5.74) is 6.35. The van der Waals surface area contributed by atoms with E-state index in [1.165, 1.54) is 36.8 Å². The van der Waals surface area contributed by atoms with Crippen molar-refractivity contribution in [3.63, 3.8) is 0 Å². The smallest absolute Gasteiger partial charge is 0.138 e. The molecule has 0 fully saturated rings. The fourth-order valence-electron chi connectivity index (χ4n) is 4.14. The molecule has 0 aliphatic rings. The maximum atomic E-state index is 15.4. The lowest BCUT2D eigenvalue weighted by atomic mass is 9.93. The maximum absolute atomic E-state index is 15.4. The third-order valence-electron chi connectivity index (χ3n) is 5.94. The predicted molar refractivity (Wildman–Crippen MR) is 127 cm³/mol. The van der Waals surface area contributed by atoms with Gasteiger partial charge in [0.15, 0.2) is 0 Å². The van der Waals surface area contributed by atoms with E-state index < -0.39 is 0 Å². The molecule has 0 aromatic heterocycles. The Bertz CT molecular complexity index is 1120. The van der Waals surface area contributed by atoms with E-state index in [9.17, 15) is 0 Å². The van der Waals surface area contributed by atoms with Crippen LogP contribution < -0.4 is 0 Å². The van der Waals surface area contributed by atoms with Crippen molar-refractivity contribution in [3.05, 3.63) is 95.8 Å². The number of benzene rings is 4. The van der Waals surface area contributed by atoms with Crippen molar-refractivity contribution in [2.45, 2.75) is 46.0 Å². The average Bonchev–Trinajstić information content (AvgIpc) is 2.78. The Morgan fingerprint density at radius 3 is 2.07 bits per heavy atom. The SMILES string of the molecule is CCCCCCc1ccc(-c2cccc3c(F)c(-c4ccc(C)cc4)ccc23)cc1. The van der Waals surface area contributed by atoms with Crippen LogP contribution in [0.15, 0.2) is 78.9 Å². The zero-order valence-corrected chi connectivity index (χ0v) is 17.9. The van der Waals surface area contributed by atoms with Crippen LogP contribution in [-0.4, -0.2) is 0 Å². The summed E-state index contributed by atoms with van der Waals surface area (Å²) in [4.78, 5) is 0. The highest BCUT2D eigenvalue weighted by molar-refractivity contribution is 5.99. The molecule has 0 amide bonds. The minimum absolute atomic E-state index is 0.147. The molecule has 152 valence electrons. The largest absolute Gasteiger partial charge is 0.206 e. The molecule has 0 radical (unpaired) electrons. The number of unbranched alkanes of at least 4 members (excludes halogenated alkanes) is 3. The first-order valence-corrected chi connectivity index (χ1v) is 11.0. The second kappa shape index (κ2) is 9.26. The number of hydrogen-bond donors (Lipinski definition) is 0. The summed E-state index contributed by atoms with van der Waals surface area (Å²) in [6, 6.07) is 26.7. The standard InChI is InChI=1S/C29H29F/c1-3-4-5-6-8-22-13-17-23(18-14-22)25-9-7-10-28-27(25)20-19-26(29(28)30)24-15-11-21(2)12-16-24/h7,9-20H,3-6,8H2,1-2H3. The number of hydrogen-bond acceptors (Lipinski definition) is 0. The Hall–Kier alpha value is -2.93. The summed E-state index contributed by atoms with van der Waals surface area (Å²) in [6.07, 6.45) is 6.25. The molecule has 4 rings (SSSR count). The fourth-order valence-corrected chi connectivity index (χ4v) is 4.14. The zero-order valence-electron chi connectivity index (χ0n) is 17.9. The average molecular weight is 397 g/mol. The summed E-state index contributed by atoms with van der Waals surface area (Å²) < 4.78 is 15.4. The van der Waals surface area contributed by atoms with Crippen LogP contribution in [0, 0.1) is 12.7 Å². The summed E-state index contributed by atoms with van der Waals surface area (Å²) in [7, 11) is 0. The van der Waals surface area contributed by atoms with Crippen LogP contribution >= 0.6 is 0 Å². The van der Waals surface area contributed by atoms with Crippen molar-refractivity contribution in [3.8, 4) is 22.3 Å². The molecule has 0 aliphatic carbocycles. The van der Waals surface area contributed by atoms with Crippen molar-refractivity contribution in [2.75, 3.05) is 0 Å². The number of rotatable bonds is 7. The van der Waals surface area contributed by atoms with Crippen molar-refractivity contribution in [1.29, 1.82) is 0 Å². The van der Waals surface area contributed by atoms with Gasteiger partial charge in [-0.3, -0.25) is 0 Å². The molecule has 0 spiro atoms. The molecule has 0 heterocycles. The van der Waals surface area contributed by atoms with E-state index in [0.29, 0.717) is 10.9 Å². The van der Waals surface area contributed by atoms with E-state index in [4.69, 9.17) is 0 Å². The van der Waals surface area contributed by atoms with Crippen LogP contribution in [0.2, 0.25) is 0 Å². The third-order valence-corrected chi connectivity index (χ3v) is 5.94. The molecule has 0 unspecified atom stereocenters. The normalized spacial score (nSPS) is 11.2. The van der Waals surface area contributed by atoms with Crippen LogP contribution in [0.5, 0.6) is 0 Å². The zero-order chi connectivity index (χ0) is 20.9. The van der Waals surface area contributed by atoms with E-state index in [2.05, 4.69) is 43.3 Å². The predicted octanol–water partition coefficient (Wildman–Crippen LogP) is 8.74. The van der Waals surface area contributed by atoms with Gasteiger partial charge >= 0.3 is 0 Å². The monoisotopic (exact) mass is 396 g/mol. The Labute approximate surface area is 179 Å². The summed E-state index contributed by atoms with van der Waals surface area (Å²) in [5, 5.41) is 1.63. The Morgan fingerprint density at radius 2 is 1.33 bits per heavy atom. The van der Waals surface area contributed by atoms with E-state index in [-0.39, 0.29) is 5.82 Å². The van der Waals surface area contributed by atoms with Crippen LogP contribution in [-0.2, 0) is 6.42 Å². The Morgan fingerprint density at radius 1 is 0.633 bits per heavy atom. The number of fused-ring (bicyclic) bond motifs is 1. The lowest BCUT2D eigenvalue weighted by Gasteiger charge is -2.12. The van der Waals surface area contributed by atoms with E-state index in [0.717, 1.165) is 28.5 Å². The lowest BCUT2D eigenvalue weighted by Crippen LogP contribution is -1.90. The van der Waals surface area contributed by atoms with Crippen LogP contribution in [0.25, 0.3) is 33.0 Å². The van der Waals surface area contributed by atoms with E-state index >= 15 is 4.39 Å². The fraction of sp³-hybridized carbons (Fsp3) is 0.241. The van der Waals surface area contributed by atoms with Gasteiger partial charge in [0.2, 0.25) is 0 Å². The van der Waals surface area contributed by atoms with E-state index in [1.54, 1.807) is 0 Å². The molecule has 0 saturated heterocycles. The molecule has 0 nitrogen and oxygen atoms in total. The summed E-state index contributed by atoms with van der Waals surface area (Å²) >= 11 is 0. The van der Waals surface area contributed by atoms with Gasteiger partial charge in [-0.05, 0) is 47.4 Å². The minimum Gasteiger partial charge on any atom is -0.206 e. The van der Waals surface area contributed by atoms with Gasteiger partial charge in [0.1, 0.15) is 5.82 Å². The summed E-state index contributed by atoms with van der Waals surface area (Å²) in [5.74, 6) is -0.147. The highest BCUT2D eigenvalue weighted by atomic mass is 19.1. The molecule has 0 atom stereocenters. The number of halogens is 1. The molecule has 1 heteroatoms. The molecule has 0 N–H and O–H groups in total. The van der Waals surface area contributed by atoms with Crippen molar-refractivity contribution in [2.24, 2.45) is 0 Å². The lowest BCUT2D eigenvalue weighted by molar-refractivity contribution is 0.643. The summed E-state index contributed by atoms with van der Waals surface area (Å²) in [6.45, 7) is 4.29.